The van der Waals surface area contributed by atoms with Crippen molar-refractivity contribution < 1.29 is 14.6 Å². The molecule has 3 saturated heterocycles. The van der Waals surface area contributed by atoms with E-state index in [1.54, 1.807) is 17.8 Å². The molecule has 1 N–H and O–H groups in total. The molecule has 5 fully saturated rings. The fraction of sp³-hybridized carbons (Fsp3) is 0.471. The van der Waals surface area contributed by atoms with Crippen molar-refractivity contribution in [2.24, 2.45) is 11.3 Å². The van der Waals surface area contributed by atoms with Crippen molar-refractivity contribution in [3.05, 3.63) is 66.2 Å². The molecule has 9 rings (SSSR count). The van der Waals surface area contributed by atoms with E-state index in [0.717, 1.165) is 73.5 Å². The van der Waals surface area contributed by atoms with Crippen molar-refractivity contribution in [3.8, 4) is 28.8 Å². The van der Waals surface area contributed by atoms with Crippen LogP contribution in [0.3, 0.4) is 0 Å². The highest BCUT2D eigenvalue weighted by molar-refractivity contribution is 5.85. The second-order valence-electron chi connectivity index (χ2n) is 13.7. The lowest BCUT2D eigenvalue weighted by Gasteiger charge is -2.60. The van der Waals surface area contributed by atoms with Crippen molar-refractivity contribution >= 4 is 11.3 Å². The summed E-state index contributed by atoms with van der Waals surface area (Å²) in [5.74, 6) is 2.84. The summed E-state index contributed by atoms with van der Waals surface area (Å²) in [4.78, 5) is 14.2. The lowest BCUT2D eigenvalue weighted by Crippen LogP contribution is -2.68. The molecule has 1 spiro atoms. The first kappa shape index (κ1) is 27.4. The normalized spacial score (nSPS) is 29.0. The van der Waals surface area contributed by atoms with E-state index in [9.17, 15) is 10.4 Å². The van der Waals surface area contributed by atoms with Crippen molar-refractivity contribution in [2.75, 3.05) is 31.7 Å². The molecule has 4 aromatic rings. The highest BCUT2D eigenvalue weighted by Gasteiger charge is 2.57. The van der Waals surface area contributed by atoms with Crippen LogP contribution in [-0.2, 0) is 6.54 Å². The second-order valence-corrected chi connectivity index (χ2v) is 13.7. The standard InChI is InChI=1S/C34H37N7O3/c1-33(42)20-34(21-33)9-23(10-34)19-44-28-8-29(32-25(11-35)14-38-41(32)18-28)24-4-5-30(36-13-24)39-16-26-7-27(17-39)40(26)15-22-3-6-31(43-2)37-12-22/h3-6,8,12-14,18,23,26-27,42H,7,9-10,15-17,19-21H2,1-2H3. The summed E-state index contributed by atoms with van der Waals surface area (Å²) in [5.41, 5.74) is 4.14. The number of hydrogen-bond donors (Lipinski definition) is 1. The van der Waals surface area contributed by atoms with Gasteiger partial charge in [0.05, 0.1) is 42.8 Å². The van der Waals surface area contributed by atoms with Gasteiger partial charge in [-0.2, -0.15) is 10.4 Å². The number of fused-ring (bicyclic) bond motifs is 3. The SMILES string of the molecule is COc1ccc(CN2C3CC2CN(c2ccc(-c4cc(OCC5CC6(C5)CC(C)(O)C6)cn5ncc(C#N)c45)cn2)C3)cn1. The third-order valence-corrected chi connectivity index (χ3v) is 10.2. The first-order valence-electron chi connectivity index (χ1n) is 15.5. The van der Waals surface area contributed by atoms with Crippen LogP contribution in [0.15, 0.2) is 55.1 Å². The maximum absolute atomic E-state index is 10.2. The van der Waals surface area contributed by atoms with Crippen molar-refractivity contribution in [1.82, 2.24) is 24.5 Å². The third-order valence-electron chi connectivity index (χ3n) is 10.2. The average molecular weight is 592 g/mol. The highest BCUT2D eigenvalue weighted by Crippen LogP contribution is 2.62. The Morgan fingerprint density at radius 3 is 2.55 bits per heavy atom. The van der Waals surface area contributed by atoms with Gasteiger partial charge in [0.25, 0.3) is 0 Å². The molecular weight excluding hydrogens is 554 g/mol. The van der Waals surface area contributed by atoms with Crippen LogP contribution in [0.1, 0.15) is 50.2 Å². The molecule has 2 atom stereocenters. The fourth-order valence-electron chi connectivity index (χ4n) is 8.53. The Bertz CT molecular complexity index is 1720. The zero-order valence-electron chi connectivity index (χ0n) is 25.2. The van der Waals surface area contributed by atoms with E-state index in [-0.39, 0.29) is 0 Å². The molecule has 5 aliphatic rings. The molecule has 10 heteroatoms. The minimum atomic E-state index is -0.488. The minimum absolute atomic E-state index is 0.324. The quantitative estimate of drug-likeness (QED) is 0.318. The Balaban J connectivity index is 0.953. The molecule has 10 nitrogen and oxygen atoms in total. The van der Waals surface area contributed by atoms with E-state index in [2.05, 4.69) is 44.2 Å². The van der Waals surface area contributed by atoms with Crippen LogP contribution in [0.2, 0.25) is 0 Å². The maximum atomic E-state index is 10.2. The topological polar surface area (TPSA) is 112 Å². The Labute approximate surface area is 256 Å². The van der Waals surface area contributed by atoms with Gasteiger partial charge in [0.1, 0.15) is 17.6 Å². The van der Waals surface area contributed by atoms with Crippen LogP contribution < -0.4 is 14.4 Å². The van der Waals surface area contributed by atoms with E-state index in [1.165, 1.54) is 12.0 Å². The summed E-state index contributed by atoms with van der Waals surface area (Å²) < 4.78 is 13.2. The van der Waals surface area contributed by atoms with Gasteiger partial charge in [-0.15, -0.1) is 0 Å². The number of methoxy groups -OCH3 is 1. The number of pyridine rings is 3. The molecule has 0 radical (unpaired) electrons. The molecule has 2 saturated carbocycles. The largest absolute Gasteiger partial charge is 0.492 e. The maximum Gasteiger partial charge on any atom is 0.212 e. The molecule has 0 amide bonds. The van der Waals surface area contributed by atoms with Gasteiger partial charge in [0, 0.05) is 61.3 Å². The molecule has 3 aliphatic heterocycles. The van der Waals surface area contributed by atoms with E-state index in [0.29, 0.717) is 41.5 Å². The van der Waals surface area contributed by atoms with E-state index in [1.807, 2.05) is 37.6 Å². The molecule has 4 aromatic heterocycles. The van der Waals surface area contributed by atoms with Crippen LogP contribution >= 0.6 is 0 Å². The molecule has 2 unspecified atom stereocenters. The van der Waals surface area contributed by atoms with Gasteiger partial charge < -0.3 is 19.5 Å². The van der Waals surface area contributed by atoms with Crippen LogP contribution in [0, 0.1) is 22.7 Å². The molecule has 226 valence electrons. The van der Waals surface area contributed by atoms with Crippen LogP contribution in [0.5, 0.6) is 11.6 Å². The van der Waals surface area contributed by atoms with Crippen molar-refractivity contribution in [3.63, 3.8) is 0 Å². The Kier molecular flexibility index (Phi) is 6.33. The molecule has 0 aromatic carbocycles. The number of piperidine rings is 1. The summed E-state index contributed by atoms with van der Waals surface area (Å²) in [7, 11) is 1.64. The summed E-state index contributed by atoms with van der Waals surface area (Å²) >= 11 is 0. The number of rotatable bonds is 8. The number of nitriles is 1. The smallest absolute Gasteiger partial charge is 0.212 e. The minimum Gasteiger partial charge on any atom is -0.492 e. The molecule has 2 bridgehead atoms. The number of ether oxygens (including phenoxy) is 2. The summed E-state index contributed by atoms with van der Waals surface area (Å²) in [6.45, 7) is 5.37. The lowest BCUT2D eigenvalue weighted by molar-refractivity contribution is -0.174. The Morgan fingerprint density at radius 1 is 1.07 bits per heavy atom. The summed E-state index contributed by atoms with van der Waals surface area (Å²) in [5, 5.41) is 24.4. The monoisotopic (exact) mass is 591 g/mol. The number of piperazine rings is 1. The lowest BCUT2D eigenvalue weighted by atomic mass is 9.47. The van der Waals surface area contributed by atoms with Gasteiger partial charge in [0.2, 0.25) is 5.88 Å². The fourth-order valence-corrected chi connectivity index (χ4v) is 8.53. The van der Waals surface area contributed by atoms with Crippen molar-refractivity contribution in [1.29, 1.82) is 5.26 Å². The molecular formula is C34H37N7O3. The number of aliphatic hydroxyl groups is 1. The van der Waals surface area contributed by atoms with E-state index in [4.69, 9.17) is 14.5 Å². The number of anilines is 1. The van der Waals surface area contributed by atoms with Gasteiger partial charge in [-0.25, -0.2) is 14.5 Å². The van der Waals surface area contributed by atoms with Crippen LogP contribution in [-0.4, -0.2) is 74.1 Å². The predicted octanol–water partition coefficient (Wildman–Crippen LogP) is 4.45. The van der Waals surface area contributed by atoms with E-state index >= 15 is 0 Å². The Morgan fingerprint density at radius 2 is 1.89 bits per heavy atom. The summed E-state index contributed by atoms with van der Waals surface area (Å²) in [6.07, 6.45) is 12.5. The zero-order chi connectivity index (χ0) is 30.1. The molecule has 2 aliphatic carbocycles. The predicted molar refractivity (Wildman–Crippen MR) is 164 cm³/mol. The van der Waals surface area contributed by atoms with Gasteiger partial charge in [-0.3, -0.25) is 4.90 Å². The highest BCUT2D eigenvalue weighted by atomic mass is 16.5. The molecule has 7 heterocycles. The van der Waals surface area contributed by atoms with Crippen molar-refractivity contribution in [2.45, 2.75) is 63.3 Å². The first-order chi connectivity index (χ1) is 21.3. The van der Waals surface area contributed by atoms with Gasteiger partial charge >= 0.3 is 0 Å². The van der Waals surface area contributed by atoms with Gasteiger partial charge in [-0.1, -0.05) is 6.07 Å². The van der Waals surface area contributed by atoms with Crippen LogP contribution in [0.25, 0.3) is 16.6 Å². The second kappa shape index (κ2) is 10.2. The van der Waals surface area contributed by atoms with Gasteiger partial charge in [0.15, 0.2) is 0 Å². The van der Waals surface area contributed by atoms with Crippen LogP contribution in [0.4, 0.5) is 5.82 Å². The zero-order valence-corrected chi connectivity index (χ0v) is 25.2. The third kappa shape index (κ3) is 4.75. The number of hydrogen-bond acceptors (Lipinski definition) is 9. The number of nitrogens with zero attached hydrogens (tertiary/aromatic N) is 7. The average Bonchev–Trinajstić information content (AvgIpc) is 3.43. The first-order valence-corrected chi connectivity index (χ1v) is 15.5. The summed E-state index contributed by atoms with van der Waals surface area (Å²) in [6, 6.07) is 13.5. The van der Waals surface area contributed by atoms with Gasteiger partial charge in [-0.05, 0) is 74.1 Å². The number of aromatic nitrogens is 4. The Hall–Kier alpha value is -4.20. The molecule has 44 heavy (non-hydrogen) atoms. The van der Waals surface area contributed by atoms with E-state index < -0.39 is 5.60 Å².